The molecule has 3 heteroatoms. The third-order valence-electron chi connectivity index (χ3n) is 2.88. The Morgan fingerprint density at radius 1 is 1.29 bits per heavy atom. The molecule has 1 nitrogen and oxygen atoms in total. The van der Waals surface area contributed by atoms with E-state index in [1.165, 1.54) is 0 Å². The maximum absolute atomic E-state index is 10.2. The van der Waals surface area contributed by atoms with Crippen molar-refractivity contribution in [3.63, 3.8) is 0 Å². The molecule has 0 aliphatic rings. The van der Waals surface area contributed by atoms with Crippen LogP contribution < -0.4 is 0 Å². The van der Waals surface area contributed by atoms with Crippen LogP contribution in [0.4, 0.5) is 0 Å². The van der Waals surface area contributed by atoms with Crippen molar-refractivity contribution in [2.24, 2.45) is 0 Å². The number of hydrogen-bond donors (Lipinski definition) is 1. The van der Waals surface area contributed by atoms with E-state index >= 15 is 0 Å². The van der Waals surface area contributed by atoms with Crippen molar-refractivity contribution in [1.82, 2.24) is 0 Å². The largest absolute Gasteiger partial charge is 0.388 e. The van der Waals surface area contributed by atoms with Crippen molar-refractivity contribution >= 4 is 22.9 Å². The highest BCUT2D eigenvalue weighted by molar-refractivity contribution is 7.08. The fourth-order valence-electron chi connectivity index (χ4n) is 1.85. The van der Waals surface area contributed by atoms with Gasteiger partial charge in [-0.15, -0.1) is 0 Å². The summed E-state index contributed by atoms with van der Waals surface area (Å²) in [5.74, 6) is 0. The van der Waals surface area contributed by atoms with Crippen molar-refractivity contribution < 1.29 is 5.11 Å². The molecule has 1 N–H and O–H groups in total. The average Bonchev–Trinajstić information content (AvgIpc) is 2.68. The molecule has 1 unspecified atom stereocenters. The first-order valence-corrected chi connectivity index (χ1v) is 6.86. The van der Waals surface area contributed by atoms with Crippen molar-refractivity contribution in [3.8, 4) is 0 Å². The summed E-state index contributed by atoms with van der Waals surface area (Å²) in [6.45, 7) is 4.03. The van der Waals surface area contributed by atoms with Crippen LogP contribution in [0, 0.1) is 13.8 Å². The van der Waals surface area contributed by atoms with E-state index in [1.807, 2.05) is 37.4 Å². The van der Waals surface area contributed by atoms with Gasteiger partial charge in [0.1, 0.15) is 0 Å². The number of aryl methyl sites for hydroxylation is 2. The monoisotopic (exact) mass is 266 g/mol. The fraction of sp³-hybridized carbons (Fsp3) is 0.286. The van der Waals surface area contributed by atoms with Gasteiger partial charge < -0.3 is 5.11 Å². The second-order valence-corrected chi connectivity index (χ2v) is 5.48. The van der Waals surface area contributed by atoms with E-state index < -0.39 is 6.10 Å². The second-order valence-electron chi connectivity index (χ2n) is 4.32. The van der Waals surface area contributed by atoms with Crippen LogP contribution in [-0.4, -0.2) is 5.11 Å². The molecule has 0 saturated carbocycles. The molecule has 90 valence electrons. The summed E-state index contributed by atoms with van der Waals surface area (Å²) in [7, 11) is 0. The number of aliphatic hydroxyl groups excluding tert-OH is 1. The summed E-state index contributed by atoms with van der Waals surface area (Å²) in [4.78, 5) is 0. The SMILES string of the molecule is Cc1ccc(CC(O)c2cscc2C)c(Cl)c1. The Balaban J connectivity index is 2.19. The van der Waals surface area contributed by atoms with Crippen LogP contribution in [0.25, 0.3) is 0 Å². The number of aliphatic hydroxyl groups is 1. The summed E-state index contributed by atoms with van der Waals surface area (Å²) in [6.07, 6.45) is 0.0953. The minimum absolute atomic E-state index is 0.471. The van der Waals surface area contributed by atoms with Crippen LogP contribution >= 0.6 is 22.9 Å². The van der Waals surface area contributed by atoms with Gasteiger partial charge in [0.2, 0.25) is 0 Å². The quantitative estimate of drug-likeness (QED) is 0.878. The smallest absolute Gasteiger partial charge is 0.0841 e. The molecule has 1 aromatic heterocycles. The second kappa shape index (κ2) is 5.21. The molecule has 0 bridgehead atoms. The molecule has 1 atom stereocenters. The molecule has 1 aromatic carbocycles. The average molecular weight is 267 g/mol. The third-order valence-corrected chi connectivity index (χ3v) is 4.11. The minimum Gasteiger partial charge on any atom is -0.388 e. The van der Waals surface area contributed by atoms with Gasteiger partial charge >= 0.3 is 0 Å². The molecule has 0 spiro atoms. The van der Waals surface area contributed by atoms with Crippen LogP contribution in [0.5, 0.6) is 0 Å². The fourth-order valence-corrected chi connectivity index (χ4v) is 3.06. The first kappa shape index (κ1) is 12.6. The summed E-state index contributed by atoms with van der Waals surface area (Å²) in [5.41, 5.74) is 4.28. The van der Waals surface area contributed by atoms with Gasteiger partial charge in [-0.3, -0.25) is 0 Å². The van der Waals surface area contributed by atoms with E-state index in [2.05, 4.69) is 5.38 Å². The lowest BCUT2D eigenvalue weighted by atomic mass is 10.0. The summed E-state index contributed by atoms with van der Waals surface area (Å²) in [6, 6.07) is 5.95. The van der Waals surface area contributed by atoms with E-state index in [0.29, 0.717) is 6.42 Å². The Hall–Kier alpha value is -0.830. The molecule has 2 rings (SSSR count). The maximum Gasteiger partial charge on any atom is 0.0841 e. The predicted molar refractivity (Wildman–Crippen MR) is 73.9 cm³/mol. The van der Waals surface area contributed by atoms with Crippen molar-refractivity contribution in [2.45, 2.75) is 26.4 Å². The van der Waals surface area contributed by atoms with E-state index in [4.69, 9.17) is 11.6 Å². The van der Waals surface area contributed by atoms with Gasteiger partial charge in [-0.05, 0) is 52.9 Å². The summed E-state index contributed by atoms with van der Waals surface area (Å²) < 4.78 is 0. The Kier molecular flexibility index (Phi) is 3.87. The summed E-state index contributed by atoms with van der Waals surface area (Å²) >= 11 is 7.79. The molecule has 0 fully saturated rings. The Morgan fingerprint density at radius 2 is 2.06 bits per heavy atom. The van der Waals surface area contributed by atoms with Gasteiger partial charge in [0.25, 0.3) is 0 Å². The van der Waals surface area contributed by atoms with Crippen molar-refractivity contribution in [2.75, 3.05) is 0 Å². The Labute approximate surface area is 111 Å². The topological polar surface area (TPSA) is 20.2 Å². The zero-order valence-corrected chi connectivity index (χ0v) is 11.5. The number of hydrogen-bond acceptors (Lipinski definition) is 2. The van der Waals surface area contributed by atoms with Gasteiger partial charge in [0.15, 0.2) is 0 Å². The lowest BCUT2D eigenvalue weighted by Gasteiger charge is -2.12. The third kappa shape index (κ3) is 2.89. The number of halogens is 1. The zero-order chi connectivity index (χ0) is 12.4. The maximum atomic E-state index is 10.2. The standard InChI is InChI=1S/C14H15ClOS/c1-9-3-4-11(13(15)5-9)6-14(16)12-8-17-7-10(12)2/h3-5,7-8,14,16H,6H2,1-2H3. The number of benzene rings is 1. The lowest BCUT2D eigenvalue weighted by Crippen LogP contribution is -2.02. The predicted octanol–water partition coefficient (Wildman–Crippen LogP) is 4.29. The van der Waals surface area contributed by atoms with E-state index in [-0.39, 0.29) is 0 Å². The van der Waals surface area contributed by atoms with Gasteiger partial charge in [-0.25, -0.2) is 0 Å². The van der Waals surface area contributed by atoms with Gasteiger partial charge in [-0.1, -0.05) is 23.7 Å². The van der Waals surface area contributed by atoms with Gasteiger partial charge in [-0.2, -0.15) is 11.3 Å². The van der Waals surface area contributed by atoms with Crippen LogP contribution in [0.2, 0.25) is 5.02 Å². The van der Waals surface area contributed by atoms with Crippen LogP contribution in [0.1, 0.15) is 28.4 Å². The summed E-state index contributed by atoms with van der Waals surface area (Å²) in [5, 5.41) is 15.0. The number of rotatable bonds is 3. The van der Waals surface area contributed by atoms with Crippen molar-refractivity contribution in [1.29, 1.82) is 0 Å². The first-order valence-electron chi connectivity index (χ1n) is 5.53. The van der Waals surface area contributed by atoms with E-state index in [0.717, 1.165) is 27.3 Å². The molecule has 1 heterocycles. The van der Waals surface area contributed by atoms with E-state index in [9.17, 15) is 5.11 Å². The van der Waals surface area contributed by atoms with Crippen LogP contribution in [-0.2, 0) is 6.42 Å². The molecule has 0 aliphatic heterocycles. The normalized spacial score (nSPS) is 12.7. The number of thiophene rings is 1. The first-order chi connectivity index (χ1) is 8.08. The van der Waals surface area contributed by atoms with Gasteiger partial charge in [0.05, 0.1) is 6.10 Å². The molecule has 0 aliphatic carbocycles. The highest BCUT2D eigenvalue weighted by Crippen LogP contribution is 2.27. The lowest BCUT2D eigenvalue weighted by molar-refractivity contribution is 0.178. The molecule has 0 amide bonds. The molecule has 0 radical (unpaired) electrons. The van der Waals surface area contributed by atoms with E-state index in [1.54, 1.807) is 11.3 Å². The molecule has 17 heavy (non-hydrogen) atoms. The Bertz CT molecular complexity index is 519. The molecular formula is C14H15ClOS. The van der Waals surface area contributed by atoms with Crippen LogP contribution in [0.15, 0.2) is 29.0 Å². The highest BCUT2D eigenvalue weighted by Gasteiger charge is 2.13. The minimum atomic E-state index is -0.471. The molecule has 0 saturated heterocycles. The zero-order valence-electron chi connectivity index (χ0n) is 9.90. The van der Waals surface area contributed by atoms with Gasteiger partial charge in [0, 0.05) is 11.4 Å². The Morgan fingerprint density at radius 3 is 2.65 bits per heavy atom. The highest BCUT2D eigenvalue weighted by atomic mass is 35.5. The van der Waals surface area contributed by atoms with Crippen molar-refractivity contribution in [3.05, 3.63) is 56.2 Å². The van der Waals surface area contributed by atoms with Crippen LogP contribution in [0.3, 0.4) is 0 Å². The molecule has 2 aromatic rings. The molecular weight excluding hydrogens is 252 g/mol.